The summed E-state index contributed by atoms with van der Waals surface area (Å²) >= 11 is 0. The van der Waals surface area contributed by atoms with Gasteiger partial charge in [-0.2, -0.15) is 4.99 Å². The molecule has 0 radical (unpaired) electrons. The Kier molecular flexibility index (Phi) is 7.09. The van der Waals surface area contributed by atoms with Crippen LogP contribution in [0.1, 0.15) is 36.6 Å². The fourth-order valence-corrected chi connectivity index (χ4v) is 3.20. The van der Waals surface area contributed by atoms with Gasteiger partial charge in [-0.25, -0.2) is 13.8 Å². The van der Waals surface area contributed by atoms with Crippen LogP contribution in [0.15, 0.2) is 52.7 Å². The molecule has 0 aliphatic rings. The standard InChI is InChI=1S/C23H24F2N6O/c1-4-5-21(32-3)30-23(27)19-12-29-20-9-6-14(13-31(19)20)17(11-28-2)22(26)16-8-7-15(24)10-18(16)25/h6-13,27H,4-5,26H2,1-3H3. The highest BCUT2D eigenvalue weighted by Gasteiger charge is 2.15. The zero-order valence-electron chi connectivity index (χ0n) is 18.1. The summed E-state index contributed by atoms with van der Waals surface area (Å²) in [6, 6.07) is 6.73. The van der Waals surface area contributed by atoms with E-state index in [1.807, 2.05) is 6.92 Å². The van der Waals surface area contributed by atoms with E-state index in [1.165, 1.54) is 19.4 Å². The average molecular weight is 438 g/mol. The van der Waals surface area contributed by atoms with Crippen LogP contribution in [0.5, 0.6) is 0 Å². The summed E-state index contributed by atoms with van der Waals surface area (Å²) in [7, 11) is 3.09. The molecule has 32 heavy (non-hydrogen) atoms. The van der Waals surface area contributed by atoms with Gasteiger partial charge in [0.05, 0.1) is 19.0 Å². The topological polar surface area (TPSA) is 101 Å². The summed E-state index contributed by atoms with van der Waals surface area (Å²) in [5.41, 5.74) is 8.53. The number of nitrogens with two attached hydrogens (primary N) is 1. The molecule has 0 amide bonds. The number of aliphatic imine (C=N–C) groups is 2. The number of nitrogens with zero attached hydrogens (tertiary/aromatic N) is 4. The van der Waals surface area contributed by atoms with Gasteiger partial charge >= 0.3 is 0 Å². The lowest BCUT2D eigenvalue weighted by atomic mass is 10.0. The van der Waals surface area contributed by atoms with E-state index in [1.54, 1.807) is 36.0 Å². The normalized spacial score (nSPS) is 13.0. The first-order chi connectivity index (χ1) is 15.4. The molecule has 0 atom stereocenters. The smallest absolute Gasteiger partial charge is 0.189 e. The van der Waals surface area contributed by atoms with Crippen LogP contribution in [0, 0.1) is 17.0 Å². The summed E-state index contributed by atoms with van der Waals surface area (Å²) in [4.78, 5) is 12.6. The number of fused-ring (bicyclic) bond motifs is 1. The summed E-state index contributed by atoms with van der Waals surface area (Å²) < 4.78 is 34.6. The molecule has 0 unspecified atom stereocenters. The monoisotopic (exact) mass is 438 g/mol. The number of pyridine rings is 1. The van der Waals surface area contributed by atoms with Crippen molar-refractivity contribution >= 4 is 34.9 Å². The molecule has 3 rings (SSSR count). The minimum atomic E-state index is -0.770. The Balaban J connectivity index is 2.13. The van der Waals surface area contributed by atoms with E-state index in [9.17, 15) is 8.78 Å². The molecule has 0 aliphatic carbocycles. The predicted molar refractivity (Wildman–Crippen MR) is 123 cm³/mol. The highest BCUT2D eigenvalue weighted by atomic mass is 19.1. The molecule has 0 aliphatic heterocycles. The van der Waals surface area contributed by atoms with Gasteiger partial charge in [0.15, 0.2) is 11.7 Å². The van der Waals surface area contributed by atoms with Crippen molar-refractivity contribution in [3.63, 3.8) is 0 Å². The van der Waals surface area contributed by atoms with Gasteiger partial charge < -0.3 is 10.5 Å². The van der Waals surface area contributed by atoms with Crippen molar-refractivity contribution in [1.29, 1.82) is 5.41 Å². The molecular weight excluding hydrogens is 414 g/mol. The average Bonchev–Trinajstić information content (AvgIpc) is 3.20. The Bertz CT molecular complexity index is 1240. The Morgan fingerprint density at radius 2 is 2.06 bits per heavy atom. The summed E-state index contributed by atoms with van der Waals surface area (Å²) in [5, 5.41) is 8.39. The molecule has 7 nitrogen and oxygen atoms in total. The number of amidine groups is 1. The van der Waals surface area contributed by atoms with E-state index < -0.39 is 11.6 Å². The van der Waals surface area contributed by atoms with E-state index in [2.05, 4.69) is 15.0 Å². The van der Waals surface area contributed by atoms with Gasteiger partial charge in [-0.15, -0.1) is 0 Å². The third-order valence-corrected chi connectivity index (χ3v) is 4.76. The highest BCUT2D eigenvalue weighted by molar-refractivity contribution is 6.18. The summed E-state index contributed by atoms with van der Waals surface area (Å²) in [6.07, 6.45) is 6.22. The Morgan fingerprint density at radius 1 is 1.28 bits per heavy atom. The van der Waals surface area contributed by atoms with E-state index in [4.69, 9.17) is 15.9 Å². The Labute approximate surface area is 184 Å². The molecule has 0 saturated carbocycles. The largest absolute Gasteiger partial charge is 0.484 e. The van der Waals surface area contributed by atoms with Crippen LogP contribution in [0.2, 0.25) is 0 Å². The number of aromatic nitrogens is 2. The molecule has 3 aromatic rings. The van der Waals surface area contributed by atoms with Crippen molar-refractivity contribution in [2.45, 2.75) is 19.8 Å². The fraction of sp³-hybridized carbons (Fsp3) is 0.217. The number of nitrogens with one attached hydrogen (secondary N) is 1. The highest BCUT2D eigenvalue weighted by Crippen LogP contribution is 2.25. The van der Waals surface area contributed by atoms with Gasteiger partial charge in [-0.05, 0) is 30.7 Å². The predicted octanol–water partition coefficient (Wildman–Crippen LogP) is 4.31. The number of allylic oxidation sites excluding steroid dienone is 1. The maximum Gasteiger partial charge on any atom is 0.189 e. The third kappa shape index (κ3) is 4.72. The molecule has 166 valence electrons. The number of imidazole rings is 1. The lowest BCUT2D eigenvalue weighted by molar-refractivity contribution is 0.390. The Morgan fingerprint density at radius 3 is 2.72 bits per heavy atom. The number of rotatable bonds is 6. The zero-order chi connectivity index (χ0) is 23.3. The molecule has 3 N–H and O–H groups in total. The van der Waals surface area contributed by atoms with Crippen molar-refractivity contribution in [3.8, 4) is 0 Å². The quantitative estimate of drug-likeness (QED) is 0.443. The molecule has 9 heteroatoms. The third-order valence-electron chi connectivity index (χ3n) is 4.76. The van der Waals surface area contributed by atoms with Gasteiger partial charge in [0.2, 0.25) is 0 Å². The Hall–Kier alpha value is -3.88. The molecule has 2 heterocycles. The summed E-state index contributed by atoms with van der Waals surface area (Å²) in [5.74, 6) is -1.01. The second kappa shape index (κ2) is 9.95. The van der Waals surface area contributed by atoms with Gasteiger partial charge in [-0.1, -0.05) is 6.92 Å². The number of methoxy groups -OCH3 is 1. The maximum absolute atomic E-state index is 14.3. The van der Waals surface area contributed by atoms with E-state index in [0.29, 0.717) is 34.8 Å². The maximum atomic E-state index is 14.3. The number of hydrogen-bond acceptors (Lipinski definition) is 5. The molecule has 0 bridgehead atoms. The van der Waals surface area contributed by atoms with Gasteiger partial charge in [0.25, 0.3) is 0 Å². The van der Waals surface area contributed by atoms with Crippen molar-refractivity contribution in [1.82, 2.24) is 9.38 Å². The molecular formula is C23H24F2N6O. The van der Waals surface area contributed by atoms with Crippen LogP contribution < -0.4 is 5.73 Å². The van der Waals surface area contributed by atoms with Gasteiger partial charge in [-0.3, -0.25) is 14.8 Å². The van der Waals surface area contributed by atoms with Crippen LogP contribution in [0.25, 0.3) is 16.9 Å². The first kappa shape index (κ1) is 22.8. The van der Waals surface area contributed by atoms with Crippen molar-refractivity contribution in [2.75, 3.05) is 14.2 Å². The number of ether oxygens (including phenoxy) is 1. The minimum Gasteiger partial charge on any atom is -0.484 e. The van der Waals surface area contributed by atoms with Crippen LogP contribution in [-0.2, 0) is 4.74 Å². The van der Waals surface area contributed by atoms with Crippen LogP contribution in [-0.4, -0.2) is 41.5 Å². The number of hydrogen-bond donors (Lipinski definition) is 2. The van der Waals surface area contributed by atoms with Crippen LogP contribution in [0.3, 0.4) is 0 Å². The second-order valence-corrected chi connectivity index (χ2v) is 6.94. The van der Waals surface area contributed by atoms with Gasteiger partial charge in [0.1, 0.15) is 23.0 Å². The van der Waals surface area contributed by atoms with E-state index in [0.717, 1.165) is 18.6 Å². The molecule has 0 fully saturated rings. The first-order valence-corrected chi connectivity index (χ1v) is 9.94. The van der Waals surface area contributed by atoms with Crippen LogP contribution >= 0.6 is 0 Å². The minimum absolute atomic E-state index is 0.00723. The SMILES string of the molecule is CCCC(=NC(=N)c1cnc2ccc(C(C=NC)=C(N)c3ccc(F)cc3F)cn12)OC. The van der Waals surface area contributed by atoms with Crippen molar-refractivity contribution in [3.05, 3.63) is 71.2 Å². The molecule has 0 spiro atoms. The summed E-state index contributed by atoms with van der Waals surface area (Å²) in [6.45, 7) is 2.00. The first-order valence-electron chi connectivity index (χ1n) is 9.94. The lowest BCUT2D eigenvalue weighted by Crippen LogP contribution is -2.09. The van der Waals surface area contributed by atoms with Gasteiger partial charge in [0, 0.05) is 48.6 Å². The van der Waals surface area contributed by atoms with Crippen molar-refractivity contribution < 1.29 is 13.5 Å². The second-order valence-electron chi connectivity index (χ2n) is 6.94. The molecule has 0 saturated heterocycles. The van der Waals surface area contributed by atoms with Crippen molar-refractivity contribution in [2.24, 2.45) is 15.7 Å². The molecule has 1 aromatic carbocycles. The number of benzene rings is 1. The van der Waals surface area contributed by atoms with Crippen LogP contribution in [0.4, 0.5) is 8.78 Å². The van der Waals surface area contributed by atoms with E-state index >= 15 is 0 Å². The molecule has 2 aromatic heterocycles. The lowest BCUT2D eigenvalue weighted by Gasteiger charge is -2.11. The van der Waals surface area contributed by atoms with E-state index in [-0.39, 0.29) is 17.1 Å². The number of halogens is 2. The zero-order valence-corrected chi connectivity index (χ0v) is 18.1. The fourth-order valence-electron chi connectivity index (χ4n) is 3.20.